The van der Waals surface area contributed by atoms with Gasteiger partial charge in [-0.1, -0.05) is 19.1 Å². The summed E-state index contributed by atoms with van der Waals surface area (Å²) < 4.78 is 25.5. The third-order valence-corrected chi connectivity index (χ3v) is 4.61. The molecule has 0 spiro atoms. The number of aliphatic carboxylic acids is 1. The average Bonchev–Trinajstić information content (AvgIpc) is 2.43. The van der Waals surface area contributed by atoms with Crippen molar-refractivity contribution in [1.29, 1.82) is 5.26 Å². The lowest BCUT2D eigenvalue weighted by molar-refractivity contribution is -0.137. The van der Waals surface area contributed by atoms with Gasteiger partial charge in [-0.2, -0.15) is 9.57 Å². The van der Waals surface area contributed by atoms with E-state index in [0.29, 0.717) is 0 Å². The lowest BCUT2D eigenvalue weighted by atomic mass is 10.2. The molecule has 20 heavy (non-hydrogen) atoms. The fraction of sp³-hybridized carbons (Fsp3) is 0.385. The van der Waals surface area contributed by atoms with Gasteiger partial charge in [0, 0.05) is 13.0 Å². The number of carbonyl (C=O) groups is 1. The molecular weight excluding hydrogens is 280 g/mol. The molecule has 0 heterocycles. The van der Waals surface area contributed by atoms with E-state index >= 15 is 0 Å². The zero-order valence-corrected chi connectivity index (χ0v) is 11.9. The summed E-state index contributed by atoms with van der Waals surface area (Å²) in [6.45, 7) is 1.16. The number of hydrogen-bond donors (Lipinski definition) is 1. The Morgan fingerprint density at radius 1 is 1.35 bits per heavy atom. The molecule has 6 nitrogen and oxygen atoms in total. The van der Waals surface area contributed by atoms with Crippen molar-refractivity contribution in [3.63, 3.8) is 0 Å². The van der Waals surface area contributed by atoms with Gasteiger partial charge in [0.1, 0.15) is 6.54 Å². The Hall–Kier alpha value is -1.91. The molecule has 0 aromatic heterocycles. The maximum absolute atomic E-state index is 12.3. The fourth-order valence-electron chi connectivity index (χ4n) is 1.66. The number of sulfonamides is 1. The molecule has 0 saturated heterocycles. The highest BCUT2D eigenvalue weighted by molar-refractivity contribution is 7.89. The molecule has 0 saturated carbocycles. The Kier molecular flexibility index (Phi) is 5.67. The quantitative estimate of drug-likeness (QED) is 0.816. The smallest absolute Gasteiger partial charge is 0.318 e. The Labute approximate surface area is 118 Å². The molecule has 0 radical (unpaired) electrons. The van der Waals surface area contributed by atoms with Crippen molar-refractivity contribution in [2.75, 3.05) is 13.1 Å². The second-order valence-corrected chi connectivity index (χ2v) is 6.08. The van der Waals surface area contributed by atoms with Crippen LogP contribution in [0.5, 0.6) is 0 Å². The summed E-state index contributed by atoms with van der Waals surface area (Å²) >= 11 is 0. The second kappa shape index (κ2) is 7.03. The van der Waals surface area contributed by atoms with Crippen molar-refractivity contribution in [3.8, 4) is 6.07 Å². The molecule has 0 amide bonds. The van der Waals surface area contributed by atoms with Crippen LogP contribution in [0.3, 0.4) is 0 Å². The first kappa shape index (κ1) is 16.1. The number of aryl methyl sites for hydroxylation is 1. The summed E-state index contributed by atoms with van der Waals surface area (Å²) in [6.07, 6.45) is 0.729. The topological polar surface area (TPSA) is 98.5 Å². The molecule has 0 fully saturated rings. The van der Waals surface area contributed by atoms with Gasteiger partial charge in [0.2, 0.25) is 10.0 Å². The van der Waals surface area contributed by atoms with Crippen molar-refractivity contribution < 1.29 is 18.3 Å². The van der Waals surface area contributed by atoms with Crippen LogP contribution in [-0.2, 0) is 21.2 Å². The molecule has 0 atom stereocenters. The monoisotopic (exact) mass is 296 g/mol. The summed E-state index contributed by atoms with van der Waals surface area (Å²) in [5, 5.41) is 17.3. The molecular formula is C13H16N2O4S. The van der Waals surface area contributed by atoms with Gasteiger partial charge in [0.05, 0.1) is 11.0 Å². The Morgan fingerprint density at radius 3 is 2.40 bits per heavy atom. The Morgan fingerprint density at radius 2 is 1.95 bits per heavy atom. The van der Waals surface area contributed by atoms with Crippen molar-refractivity contribution in [1.82, 2.24) is 4.31 Å². The third kappa shape index (κ3) is 4.05. The lowest BCUT2D eigenvalue weighted by Crippen LogP contribution is -2.36. The van der Waals surface area contributed by atoms with Crippen LogP contribution in [-0.4, -0.2) is 36.9 Å². The van der Waals surface area contributed by atoms with E-state index in [2.05, 4.69) is 0 Å². The first-order chi connectivity index (χ1) is 9.41. The van der Waals surface area contributed by atoms with Gasteiger partial charge < -0.3 is 5.11 Å². The number of rotatable bonds is 7. The maximum atomic E-state index is 12.3. The van der Waals surface area contributed by atoms with Crippen LogP contribution in [0.25, 0.3) is 0 Å². The maximum Gasteiger partial charge on any atom is 0.318 e. The highest BCUT2D eigenvalue weighted by atomic mass is 32.2. The van der Waals surface area contributed by atoms with E-state index in [1.807, 2.05) is 13.0 Å². The largest absolute Gasteiger partial charge is 0.480 e. The van der Waals surface area contributed by atoms with E-state index in [4.69, 9.17) is 10.4 Å². The minimum absolute atomic E-state index is 0.0360. The molecule has 1 N–H and O–H groups in total. The highest BCUT2D eigenvalue weighted by Gasteiger charge is 2.26. The molecule has 0 bridgehead atoms. The van der Waals surface area contributed by atoms with E-state index in [-0.39, 0.29) is 17.9 Å². The predicted molar refractivity (Wildman–Crippen MR) is 72.4 cm³/mol. The standard InChI is InChI=1S/C13H16N2O4S/c1-2-11-4-6-12(7-5-11)20(18,19)15(9-3-8-14)10-13(16)17/h4-7H,2-3,9-10H2,1H3,(H,16,17). The molecule has 0 unspecified atom stereocenters. The number of nitriles is 1. The molecule has 0 aliphatic carbocycles. The minimum Gasteiger partial charge on any atom is -0.480 e. The van der Waals surface area contributed by atoms with Crippen molar-refractivity contribution >= 4 is 16.0 Å². The van der Waals surface area contributed by atoms with Crippen LogP contribution >= 0.6 is 0 Å². The van der Waals surface area contributed by atoms with Gasteiger partial charge in [-0.05, 0) is 24.1 Å². The van der Waals surface area contributed by atoms with Gasteiger partial charge in [-0.3, -0.25) is 4.79 Å². The number of hydrogen-bond acceptors (Lipinski definition) is 4. The molecule has 0 aliphatic rings. The van der Waals surface area contributed by atoms with E-state index in [1.165, 1.54) is 12.1 Å². The number of carboxylic acids is 1. The van der Waals surface area contributed by atoms with Crippen LogP contribution in [0.1, 0.15) is 18.9 Å². The van der Waals surface area contributed by atoms with Gasteiger partial charge in [-0.15, -0.1) is 0 Å². The van der Waals surface area contributed by atoms with Crippen LogP contribution in [0.15, 0.2) is 29.2 Å². The predicted octanol–water partition coefficient (Wildman–Crippen LogP) is 1.24. The van der Waals surface area contributed by atoms with Crippen molar-refractivity contribution in [2.24, 2.45) is 0 Å². The van der Waals surface area contributed by atoms with Crippen LogP contribution < -0.4 is 0 Å². The molecule has 1 aromatic carbocycles. The SMILES string of the molecule is CCc1ccc(S(=O)(=O)N(CCC#N)CC(=O)O)cc1. The van der Waals surface area contributed by atoms with Gasteiger partial charge in [0.25, 0.3) is 0 Å². The molecule has 108 valence electrons. The summed E-state index contributed by atoms with van der Waals surface area (Å²) in [7, 11) is -3.89. The van der Waals surface area contributed by atoms with E-state index in [1.54, 1.807) is 12.1 Å². The number of nitrogens with zero attached hydrogens (tertiary/aromatic N) is 2. The van der Waals surface area contributed by atoms with Crippen LogP contribution in [0.4, 0.5) is 0 Å². The van der Waals surface area contributed by atoms with Gasteiger partial charge >= 0.3 is 5.97 Å². The van der Waals surface area contributed by atoms with Crippen LogP contribution in [0, 0.1) is 11.3 Å². The molecule has 0 aliphatic heterocycles. The highest BCUT2D eigenvalue weighted by Crippen LogP contribution is 2.17. The third-order valence-electron chi connectivity index (χ3n) is 2.75. The average molecular weight is 296 g/mol. The fourth-order valence-corrected chi connectivity index (χ4v) is 3.05. The Balaban J connectivity index is 3.07. The normalized spacial score (nSPS) is 11.2. The minimum atomic E-state index is -3.89. The van der Waals surface area contributed by atoms with E-state index in [0.717, 1.165) is 16.3 Å². The second-order valence-electron chi connectivity index (χ2n) is 4.14. The lowest BCUT2D eigenvalue weighted by Gasteiger charge is -2.19. The summed E-state index contributed by atoms with van der Waals surface area (Å²) in [5.74, 6) is -1.25. The van der Waals surface area contributed by atoms with Crippen molar-refractivity contribution in [3.05, 3.63) is 29.8 Å². The van der Waals surface area contributed by atoms with Gasteiger partial charge in [-0.25, -0.2) is 8.42 Å². The van der Waals surface area contributed by atoms with Gasteiger partial charge in [0.15, 0.2) is 0 Å². The first-order valence-corrected chi connectivity index (χ1v) is 7.53. The zero-order valence-electron chi connectivity index (χ0n) is 11.1. The van der Waals surface area contributed by atoms with Crippen LogP contribution in [0.2, 0.25) is 0 Å². The number of carboxylic acid groups (broad SMARTS) is 1. The Bertz CT molecular complexity index is 602. The summed E-state index contributed by atoms with van der Waals surface area (Å²) in [6, 6.07) is 8.10. The van der Waals surface area contributed by atoms with E-state index in [9.17, 15) is 13.2 Å². The molecule has 7 heteroatoms. The molecule has 1 rings (SSSR count). The van der Waals surface area contributed by atoms with Crippen molar-refractivity contribution in [2.45, 2.75) is 24.7 Å². The van der Waals surface area contributed by atoms with E-state index < -0.39 is 22.5 Å². The molecule has 1 aromatic rings. The zero-order chi connectivity index (χ0) is 15.2. The first-order valence-electron chi connectivity index (χ1n) is 6.09. The number of benzene rings is 1. The summed E-state index contributed by atoms with van der Waals surface area (Å²) in [4.78, 5) is 10.8. The summed E-state index contributed by atoms with van der Waals surface area (Å²) in [5.41, 5.74) is 0.991.